The van der Waals surface area contributed by atoms with Gasteiger partial charge in [0.05, 0.1) is 11.1 Å². The van der Waals surface area contributed by atoms with Crippen molar-refractivity contribution in [3.63, 3.8) is 0 Å². The van der Waals surface area contributed by atoms with Crippen molar-refractivity contribution in [2.24, 2.45) is 0 Å². The summed E-state index contributed by atoms with van der Waals surface area (Å²) in [6.45, 7) is 0. The third kappa shape index (κ3) is 3.31. The zero-order valence-electron chi connectivity index (χ0n) is 10.4. The standard InChI is InChI=1S/C14H9F4NO2/c15-12-10(5-2-6-11(12)14(16,17)18)13(21)19-8-3-1-4-9(20)7-8/h1-7,20H,(H,19,21). The summed E-state index contributed by atoms with van der Waals surface area (Å²) in [4.78, 5) is 11.8. The summed E-state index contributed by atoms with van der Waals surface area (Å²) in [6.07, 6.45) is -4.88. The SMILES string of the molecule is O=C(Nc1cccc(O)c1)c1cccc(C(F)(F)F)c1F. The van der Waals surface area contributed by atoms with Gasteiger partial charge in [-0.25, -0.2) is 4.39 Å². The normalized spacial score (nSPS) is 11.2. The summed E-state index contributed by atoms with van der Waals surface area (Å²) < 4.78 is 51.5. The van der Waals surface area contributed by atoms with E-state index in [1.165, 1.54) is 24.3 Å². The van der Waals surface area contributed by atoms with Crippen molar-refractivity contribution in [2.45, 2.75) is 6.18 Å². The average molecular weight is 299 g/mol. The summed E-state index contributed by atoms with van der Waals surface area (Å²) in [5.74, 6) is -2.82. The van der Waals surface area contributed by atoms with E-state index < -0.39 is 29.0 Å². The van der Waals surface area contributed by atoms with E-state index in [0.29, 0.717) is 6.07 Å². The fourth-order valence-corrected chi connectivity index (χ4v) is 1.71. The Kier molecular flexibility index (Phi) is 3.84. The lowest BCUT2D eigenvalue weighted by molar-refractivity contribution is -0.140. The molecule has 2 N–H and O–H groups in total. The minimum atomic E-state index is -4.88. The zero-order chi connectivity index (χ0) is 15.6. The van der Waals surface area contributed by atoms with Crippen LogP contribution >= 0.6 is 0 Å². The van der Waals surface area contributed by atoms with Crippen molar-refractivity contribution in [1.29, 1.82) is 0 Å². The van der Waals surface area contributed by atoms with Crippen LogP contribution in [0.2, 0.25) is 0 Å². The lowest BCUT2D eigenvalue weighted by Gasteiger charge is -2.11. The van der Waals surface area contributed by atoms with Crippen LogP contribution in [0, 0.1) is 5.82 Å². The number of nitrogens with one attached hydrogen (secondary N) is 1. The first kappa shape index (κ1) is 14.8. The molecule has 21 heavy (non-hydrogen) atoms. The van der Waals surface area contributed by atoms with Gasteiger partial charge in [0.1, 0.15) is 11.6 Å². The molecule has 0 aliphatic carbocycles. The summed E-state index contributed by atoms with van der Waals surface area (Å²) in [5, 5.41) is 11.4. The summed E-state index contributed by atoms with van der Waals surface area (Å²) in [6, 6.07) is 7.81. The molecule has 0 saturated carbocycles. The Morgan fingerprint density at radius 2 is 1.76 bits per heavy atom. The monoisotopic (exact) mass is 299 g/mol. The van der Waals surface area contributed by atoms with Gasteiger partial charge in [-0.05, 0) is 24.3 Å². The van der Waals surface area contributed by atoms with Gasteiger partial charge in [0.2, 0.25) is 0 Å². The second kappa shape index (κ2) is 5.43. The van der Waals surface area contributed by atoms with E-state index in [9.17, 15) is 27.5 Å². The highest BCUT2D eigenvalue weighted by atomic mass is 19.4. The number of alkyl halides is 3. The molecular formula is C14H9F4NO2. The molecule has 0 aliphatic heterocycles. The van der Waals surface area contributed by atoms with Crippen molar-refractivity contribution in [3.05, 3.63) is 59.4 Å². The topological polar surface area (TPSA) is 49.3 Å². The van der Waals surface area contributed by atoms with Crippen LogP contribution in [0.4, 0.5) is 23.2 Å². The zero-order valence-corrected chi connectivity index (χ0v) is 10.4. The van der Waals surface area contributed by atoms with Gasteiger partial charge in [0.15, 0.2) is 0 Å². The summed E-state index contributed by atoms with van der Waals surface area (Å²) in [7, 11) is 0. The van der Waals surface area contributed by atoms with Gasteiger partial charge in [-0.2, -0.15) is 13.2 Å². The molecule has 0 unspecified atom stereocenters. The van der Waals surface area contributed by atoms with Crippen LogP contribution in [0.1, 0.15) is 15.9 Å². The molecule has 0 bridgehead atoms. The van der Waals surface area contributed by atoms with Crippen LogP contribution in [-0.2, 0) is 6.18 Å². The Bertz CT molecular complexity index is 683. The Balaban J connectivity index is 2.32. The fourth-order valence-electron chi connectivity index (χ4n) is 1.71. The van der Waals surface area contributed by atoms with Crippen molar-refractivity contribution < 1.29 is 27.5 Å². The Hall–Kier alpha value is -2.57. The van der Waals surface area contributed by atoms with E-state index in [0.717, 1.165) is 12.1 Å². The van der Waals surface area contributed by atoms with Gasteiger partial charge in [0.25, 0.3) is 5.91 Å². The van der Waals surface area contributed by atoms with Crippen molar-refractivity contribution in [1.82, 2.24) is 0 Å². The molecule has 2 aromatic carbocycles. The van der Waals surface area contributed by atoms with Gasteiger partial charge >= 0.3 is 6.18 Å². The van der Waals surface area contributed by atoms with Crippen LogP contribution < -0.4 is 5.32 Å². The minimum Gasteiger partial charge on any atom is -0.508 e. The number of benzene rings is 2. The van der Waals surface area contributed by atoms with E-state index in [2.05, 4.69) is 5.32 Å². The number of hydrogen-bond acceptors (Lipinski definition) is 2. The Labute approximate surface area is 116 Å². The van der Waals surface area contributed by atoms with Gasteiger partial charge < -0.3 is 10.4 Å². The lowest BCUT2D eigenvalue weighted by Crippen LogP contribution is -2.17. The number of phenolic OH excluding ortho intramolecular Hbond substituents is 1. The molecule has 0 fully saturated rings. The minimum absolute atomic E-state index is 0.136. The van der Waals surface area contributed by atoms with Gasteiger partial charge in [-0.1, -0.05) is 12.1 Å². The van der Waals surface area contributed by atoms with Crippen LogP contribution in [0.25, 0.3) is 0 Å². The van der Waals surface area contributed by atoms with Crippen molar-refractivity contribution in [3.8, 4) is 5.75 Å². The molecule has 2 aromatic rings. The lowest BCUT2D eigenvalue weighted by atomic mass is 10.1. The number of halogens is 4. The van der Waals surface area contributed by atoms with Crippen molar-refractivity contribution in [2.75, 3.05) is 5.32 Å². The molecule has 3 nitrogen and oxygen atoms in total. The molecule has 0 heterocycles. The molecular weight excluding hydrogens is 290 g/mol. The first-order valence-corrected chi connectivity index (χ1v) is 5.75. The maximum absolute atomic E-state index is 13.8. The molecule has 0 radical (unpaired) electrons. The highest BCUT2D eigenvalue weighted by Crippen LogP contribution is 2.32. The molecule has 0 spiro atoms. The van der Waals surface area contributed by atoms with Crippen LogP contribution in [-0.4, -0.2) is 11.0 Å². The molecule has 1 amide bonds. The summed E-state index contributed by atoms with van der Waals surface area (Å²) >= 11 is 0. The molecule has 0 aliphatic rings. The number of anilines is 1. The molecule has 0 atom stereocenters. The molecule has 2 rings (SSSR count). The number of carbonyl (C=O) groups is 1. The maximum atomic E-state index is 13.8. The van der Waals surface area contributed by atoms with Gasteiger partial charge in [-0.3, -0.25) is 4.79 Å². The first-order chi connectivity index (χ1) is 9.79. The number of hydrogen-bond donors (Lipinski definition) is 2. The van der Waals surface area contributed by atoms with Crippen LogP contribution in [0.15, 0.2) is 42.5 Å². The quantitative estimate of drug-likeness (QED) is 0.829. The molecule has 0 saturated heterocycles. The van der Waals surface area contributed by atoms with E-state index >= 15 is 0 Å². The first-order valence-electron chi connectivity index (χ1n) is 5.75. The van der Waals surface area contributed by atoms with E-state index in [4.69, 9.17) is 0 Å². The highest BCUT2D eigenvalue weighted by molar-refractivity contribution is 6.04. The predicted molar refractivity (Wildman–Crippen MR) is 67.5 cm³/mol. The third-order valence-corrected chi connectivity index (χ3v) is 2.65. The second-order valence-corrected chi connectivity index (χ2v) is 4.17. The number of aromatic hydroxyl groups is 1. The fraction of sp³-hybridized carbons (Fsp3) is 0.0714. The van der Waals surface area contributed by atoms with Crippen molar-refractivity contribution >= 4 is 11.6 Å². The van der Waals surface area contributed by atoms with E-state index in [1.54, 1.807) is 0 Å². The number of phenols is 1. The van der Waals surface area contributed by atoms with E-state index in [1.807, 2.05) is 0 Å². The number of amides is 1. The molecule has 7 heteroatoms. The average Bonchev–Trinajstić information content (AvgIpc) is 2.37. The van der Waals surface area contributed by atoms with Gasteiger partial charge in [0, 0.05) is 11.8 Å². The summed E-state index contributed by atoms with van der Waals surface area (Å²) in [5.41, 5.74) is -2.10. The highest BCUT2D eigenvalue weighted by Gasteiger charge is 2.35. The second-order valence-electron chi connectivity index (χ2n) is 4.17. The Morgan fingerprint density at radius 3 is 2.38 bits per heavy atom. The van der Waals surface area contributed by atoms with Gasteiger partial charge in [-0.15, -0.1) is 0 Å². The van der Waals surface area contributed by atoms with Crippen LogP contribution in [0.5, 0.6) is 5.75 Å². The predicted octanol–water partition coefficient (Wildman–Crippen LogP) is 3.80. The largest absolute Gasteiger partial charge is 0.508 e. The maximum Gasteiger partial charge on any atom is 0.419 e. The number of carbonyl (C=O) groups excluding carboxylic acids is 1. The van der Waals surface area contributed by atoms with Crippen LogP contribution in [0.3, 0.4) is 0 Å². The van der Waals surface area contributed by atoms with E-state index in [-0.39, 0.29) is 11.4 Å². The third-order valence-electron chi connectivity index (χ3n) is 2.65. The molecule has 0 aromatic heterocycles. The smallest absolute Gasteiger partial charge is 0.419 e. The number of rotatable bonds is 2. The molecule has 110 valence electrons. The Morgan fingerprint density at radius 1 is 1.10 bits per heavy atom.